The Bertz CT molecular complexity index is 64.7. The Morgan fingerprint density at radius 2 is 1.71 bits per heavy atom. The topological polar surface area (TPSA) is 37.3 Å². The van der Waals surface area contributed by atoms with Gasteiger partial charge in [-0.3, -0.25) is 4.57 Å². The van der Waals surface area contributed by atoms with E-state index in [1.165, 1.54) is 0 Å². The van der Waals surface area contributed by atoms with Gasteiger partial charge in [0.25, 0.3) is 0 Å². The molecule has 0 bridgehead atoms. The molecule has 0 saturated carbocycles. The van der Waals surface area contributed by atoms with Crippen LogP contribution in [-0.2, 0) is 4.57 Å². The van der Waals surface area contributed by atoms with Crippen molar-refractivity contribution in [2.24, 2.45) is 0 Å². The monoisotopic (exact) mass is 164 g/mol. The molecule has 0 heterocycles. The maximum atomic E-state index is 9.44. The van der Waals surface area contributed by atoms with Crippen LogP contribution in [0.3, 0.4) is 0 Å². The zero-order valence-corrected chi connectivity index (χ0v) is 6.09. The van der Waals surface area contributed by atoms with Crippen molar-refractivity contribution in [3.8, 4) is 0 Å². The van der Waals surface area contributed by atoms with Gasteiger partial charge >= 0.3 is 0 Å². The van der Waals surface area contributed by atoms with E-state index in [4.69, 9.17) is 4.89 Å². The van der Waals surface area contributed by atoms with Crippen molar-refractivity contribution in [2.75, 3.05) is 0 Å². The highest BCUT2D eigenvalue weighted by atomic mass is 35.5. The fourth-order valence-corrected chi connectivity index (χ4v) is 0. The third-order valence-electron chi connectivity index (χ3n) is 0.175. The molecule has 0 aliphatic rings. The predicted molar refractivity (Wildman–Crippen MR) is 35.9 cm³/mol. The molecule has 46 valence electrons. The molecule has 0 aliphatic heterocycles. The molecular formula is C2H7Cl2O2P. The van der Waals surface area contributed by atoms with Crippen molar-refractivity contribution < 1.29 is 9.46 Å². The molecule has 1 unspecified atom stereocenters. The molecule has 7 heavy (non-hydrogen) atoms. The summed E-state index contributed by atoms with van der Waals surface area (Å²) in [5.74, 6) is 1.02. The van der Waals surface area contributed by atoms with E-state index in [0.29, 0.717) is 0 Å². The summed E-state index contributed by atoms with van der Waals surface area (Å²) in [5, 5.41) is 0. The number of halogens is 2. The van der Waals surface area contributed by atoms with Gasteiger partial charge in [0, 0.05) is 0 Å². The second kappa shape index (κ2) is 9.72. The Labute approximate surface area is 55.3 Å². The predicted octanol–water partition coefficient (Wildman–Crippen LogP) is 1.44. The third-order valence-corrected chi connectivity index (χ3v) is 0.524. The Balaban J connectivity index is -0.0000000800. The van der Waals surface area contributed by atoms with Crippen molar-refractivity contribution in [1.29, 1.82) is 0 Å². The van der Waals surface area contributed by atoms with E-state index >= 15 is 0 Å². The zero-order valence-electron chi connectivity index (χ0n) is 3.46. The largest absolute Gasteiger partial charge is 0.344 e. The number of hydrogen-bond acceptors (Lipinski definition) is 1. The minimum Gasteiger partial charge on any atom is -0.344 e. The van der Waals surface area contributed by atoms with Crippen LogP contribution in [-0.4, -0.2) is 4.89 Å². The van der Waals surface area contributed by atoms with Crippen molar-refractivity contribution in [2.45, 2.75) is 0 Å². The van der Waals surface area contributed by atoms with Gasteiger partial charge in [0.2, 0.25) is 8.03 Å². The zero-order chi connectivity index (χ0) is 4.28. The van der Waals surface area contributed by atoms with Gasteiger partial charge in [-0.2, -0.15) is 0 Å². The first kappa shape index (κ1) is 15.6. The van der Waals surface area contributed by atoms with Gasteiger partial charge in [0.1, 0.15) is 0 Å². The molecule has 2 nitrogen and oxygen atoms in total. The average molecular weight is 165 g/mol. The van der Waals surface area contributed by atoms with Crippen LogP contribution >= 0.6 is 32.8 Å². The van der Waals surface area contributed by atoms with Gasteiger partial charge in [0.05, 0.1) is 0 Å². The third kappa shape index (κ3) is 21.0. The molecule has 0 saturated heterocycles. The summed E-state index contributed by atoms with van der Waals surface area (Å²) in [6.45, 7) is 3.04. The summed E-state index contributed by atoms with van der Waals surface area (Å²) >= 11 is 0. The summed E-state index contributed by atoms with van der Waals surface area (Å²) in [6, 6.07) is 0. The van der Waals surface area contributed by atoms with Crippen LogP contribution in [0.4, 0.5) is 0 Å². The molecule has 1 atom stereocenters. The molecule has 5 heteroatoms. The first-order valence-corrected chi connectivity index (χ1v) is 2.56. The quantitative estimate of drug-likeness (QED) is 0.596. The van der Waals surface area contributed by atoms with Crippen LogP contribution in [0.2, 0.25) is 0 Å². The second-order valence-electron chi connectivity index (χ2n) is 0.542. The first-order valence-electron chi connectivity index (χ1n) is 1.12. The minimum absolute atomic E-state index is 0. The maximum Gasteiger partial charge on any atom is 0.210 e. The molecule has 0 fully saturated rings. The molecule has 0 aromatic rings. The first-order chi connectivity index (χ1) is 2.27. The van der Waals surface area contributed by atoms with Crippen molar-refractivity contribution in [1.82, 2.24) is 0 Å². The highest BCUT2D eigenvalue weighted by Crippen LogP contribution is 2.10. The van der Waals surface area contributed by atoms with Crippen LogP contribution in [0.15, 0.2) is 12.4 Å². The van der Waals surface area contributed by atoms with E-state index in [9.17, 15) is 4.57 Å². The van der Waals surface area contributed by atoms with Crippen LogP contribution < -0.4 is 0 Å². The summed E-state index contributed by atoms with van der Waals surface area (Å²) in [4.78, 5) is 7.79. The van der Waals surface area contributed by atoms with Gasteiger partial charge in [-0.05, 0) is 5.82 Å². The van der Waals surface area contributed by atoms with Crippen LogP contribution in [0, 0.1) is 0 Å². The molecule has 1 N–H and O–H groups in total. The van der Waals surface area contributed by atoms with Gasteiger partial charge in [-0.1, -0.05) is 6.58 Å². The molecule has 0 aromatic heterocycles. The van der Waals surface area contributed by atoms with Crippen LogP contribution in [0.1, 0.15) is 0 Å². The lowest BCUT2D eigenvalue weighted by atomic mass is 11.3. The van der Waals surface area contributed by atoms with Crippen LogP contribution in [0.5, 0.6) is 0 Å². The highest BCUT2D eigenvalue weighted by Gasteiger charge is 1.68. The van der Waals surface area contributed by atoms with Gasteiger partial charge in [0.15, 0.2) is 0 Å². The lowest BCUT2D eigenvalue weighted by Gasteiger charge is -1.66. The van der Waals surface area contributed by atoms with Crippen molar-refractivity contribution in [3.63, 3.8) is 0 Å². The lowest BCUT2D eigenvalue weighted by molar-refractivity contribution is 0.512. The summed E-state index contributed by atoms with van der Waals surface area (Å²) in [5.41, 5.74) is 0. The molecule has 0 radical (unpaired) electrons. The maximum absolute atomic E-state index is 9.44. The molecule has 0 amide bonds. The Morgan fingerprint density at radius 1 is 1.57 bits per heavy atom. The average Bonchev–Trinajstić information content (AvgIpc) is 1.38. The highest BCUT2D eigenvalue weighted by molar-refractivity contribution is 7.41. The molecule has 0 aromatic carbocycles. The van der Waals surface area contributed by atoms with E-state index in [1.807, 2.05) is 0 Å². The van der Waals surface area contributed by atoms with Gasteiger partial charge in [-0.15, -0.1) is 24.8 Å². The Kier molecular flexibility index (Phi) is 21.7. The smallest absolute Gasteiger partial charge is 0.210 e. The normalized spacial score (nSPS) is 9.86. The second-order valence-corrected chi connectivity index (χ2v) is 1.63. The van der Waals surface area contributed by atoms with E-state index in [-0.39, 0.29) is 24.8 Å². The Morgan fingerprint density at radius 3 is 1.71 bits per heavy atom. The standard InChI is InChI=1S/C2H5O2P.2ClH/c1-2-5(3)4;;/h2,5H,1H2,(H,3,4);2*1H. The van der Waals surface area contributed by atoms with E-state index in [0.717, 1.165) is 5.82 Å². The fourth-order valence-electron chi connectivity index (χ4n) is 0. The van der Waals surface area contributed by atoms with E-state index < -0.39 is 8.03 Å². The molecule has 0 aliphatic carbocycles. The fraction of sp³-hybridized carbons (Fsp3) is 0. The van der Waals surface area contributed by atoms with Gasteiger partial charge < -0.3 is 4.89 Å². The summed E-state index contributed by atoms with van der Waals surface area (Å²) < 4.78 is 9.44. The summed E-state index contributed by atoms with van der Waals surface area (Å²) in [7, 11) is -2.36. The number of hydrogen-bond donors (Lipinski definition) is 1. The molecule has 0 spiro atoms. The van der Waals surface area contributed by atoms with Crippen LogP contribution in [0.25, 0.3) is 0 Å². The van der Waals surface area contributed by atoms with Gasteiger partial charge in [-0.25, -0.2) is 0 Å². The minimum atomic E-state index is -2.36. The summed E-state index contributed by atoms with van der Waals surface area (Å²) in [6.07, 6.45) is 0. The van der Waals surface area contributed by atoms with E-state index in [2.05, 4.69) is 6.58 Å². The Hall–Kier alpha value is 0.510. The number of rotatable bonds is 1. The van der Waals surface area contributed by atoms with Crippen molar-refractivity contribution in [3.05, 3.63) is 12.4 Å². The lowest BCUT2D eigenvalue weighted by Crippen LogP contribution is -1.35. The molecule has 0 rings (SSSR count). The van der Waals surface area contributed by atoms with Crippen molar-refractivity contribution >= 4 is 32.8 Å². The molecular weight excluding hydrogens is 158 g/mol. The SMILES string of the molecule is C=C[PH](=O)O.Cl.Cl. The van der Waals surface area contributed by atoms with E-state index in [1.54, 1.807) is 0 Å².